The third kappa shape index (κ3) is 2.98. The van der Waals surface area contributed by atoms with Crippen molar-refractivity contribution >= 4 is 68.7 Å². The Bertz CT molecular complexity index is 1130. The second kappa shape index (κ2) is 6.64. The van der Waals surface area contributed by atoms with Crippen molar-refractivity contribution in [1.29, 1.82) is 0 Å². The van der Waals surface area contributed by atoms with Crippen molar-refractivity contribution in [3.05, 3.63) is 33.5 Å². The molecule has 9 nitrogen and oxygen atoms in total. The predicted octanol–water partition coefficient (Wildman–Crippen LogP) is 3.30. The highest BCUT2D eigenvalue weighted by molar-refractivity contribution is 6.35. The summed E-state index contributed by atoms with van der Waals surface area (Å²) in [6, 6.07) is 0. The highest BCUT2D eigenvalue weighted by Crippen LogP contribution is 2.34. The topological polar surface area (TPSA) is 96.4 Å². The predicted molar refractivity (Wildman–Crippen MR) is 104 cm³/mol. The fourth-order valence-corrected chi connectivity index (χ4v) is 4.19. The van der Waals surface area contributed by atoms with Gasteiger partial charge < -0.3 is 13.9 Å². The number of aromatic nitrogens is 8. The lowest BCUT2D eigenvalue weighted by atomic mass is 9.85. The molecule has 5 heterocycles. The number of nitrogens with zero attached hydrogens (tertiary/aromatic N) is 8. The minimum atomic E-state index is -0.227. The Balaban J connectivity index is 1.51. The van der Waals surface area contributed by atoms with Crippen LogP contribution in [0.25, 0.3) is 22.3 Å². The van der Waals surface area contributed by atoms with Gasteiger partial charge in [0, 0.05) is 13.1 Å². The molecule has 0 amide bonds. The van der Waals surface area contributed by atoms with Gasteiger partial charge in [0.1, 0.15) is 11.0 Å². The molecule has 0 aromatic carbocycles. The zero-order valence-corrected chi connectivity index (χ0v) is 17.0. The average molecular weight is 460 g/mol. The van der Waals surface area contributed by atoms with E-state index in [1.54, 1.807) is 12.7 Å². The van der Waals surface area contributed by atoms with Crippen LogP contribution in [0.15, 0.2) is 12.7 Å². The van der Waals surface area contributed by atoms with E-state index in [-0.39, 0.29) is 26.3 Å². The molecule has 1 aliphatic rings. The Morgan fingerprint density at radius 3 is 1.64 bits per heavy atom. The first-order chi connectivity index (χ1) is 13.4. The SMILES string of the molecule is Clc1nc(Cl)c2ncn(CC3(Cn4cnc5c(Cl)nc(Cl)nc54)COC3)c2n1. The van der Waals surface area contributed by atoms with E-state index in [1.165, 1.54) is 0 Å². The molecule has 0 atom stereocenters. The van der Waals surface area contributed by atoms with E-state index >= 15 is 0 Å². The molecule has 28 heavy (non-hydrogen) atoms. The van der Waals surface area contributed by atoms with Gasteiger partial charge >= 0.3 is 0 Å². The van der Waals surface area contributed by atoms with Crippen LogP contribution in [-0.2, 0) is 17.8 Å². The van der Waals surface area contributed by atoms with Gasteiger partial charge in [-0.05, 0) is 23.2 Å². The largest absolute Gasteiger partial charge is 0.380 e. The molecule has 0 saturated carbocycles. The van der Waals surface area contributed by atoms with Crippen LogP contribution in [0.4, 0.5) is 0 Å². The first kappa shape index (κ1) is 18.3. The molecule has 1 saturated heterocycles. The number of imidazole rings is 2. The molecule has 5 rings (SSSR count). The van der Waals surface area contributed by atoms with Crippen molar-refractivity contribution < 1.29 is 4.74 Å². The molecule has 1 aliphatic heterocycles. The van der Waals surface area contributed by atoms with Gasteiger partial charge in [0.15, 0.2) is 21.6 Å². The Morgan fingerprint density at radius 2 is 1.25 bits per heavy atom. The van der Waals surface area contributed by atoms with Gasteiger partial charge in [-0.3, -0.25) is 0 Å². The smallest absolute Gasteiger partial charge is 0.225 e. The van der Waals surface area contributed by atoms with Crippen LogP contribution in [0, 0.1) is 5.41 Å². The molecular formula is C15H10Cl4N8O. The summed E-state index contributed by atoms with van der Waals surface area (Å²) in [6.45, 7) is 2.26. The first-order valence-electron chi connectivity index (χ1n) is 8.10. The van der Waals surface area contributed by atoms with Crippen LogP contribution >= 0.6 is 46.4 Å². The van der Waals surface area contributed by atoms with Crippen LogP contribution in [-0.4, -0.2) is 52.3 Å². The lowest BCUT2D eigenvalue weighted by Gasteiger charge is -2.41. The first-order valence-corrected chi connectivity index (χ1v) is 9.61. The van der Waals surface area contributed by atoms with Gasteiger partial charge in [-0.25, -0.2) is 19.9 Å². The maximum Gasteiger partial charge on any atom is 0.225 e. The van der Waals surface area contributed by atoms with Crippen LogP contribution in [0.3, 0.4) is 0 Å². The summed E-state index contributed by atoms with van der Waals surface area (Å²) in [6.07, 6.45) is 3.34. The van der Waals surface area contributed by atoms with Gasteiger partial charge in [-0.2, -0.15) is 9.97 Å². The molecule has 0 radical (unpaired) electrons. The fraction of sp³-hybridized carbons (Fsp3) is 0.333. The molecule has 0 N–H and O–H groups in total. The van der Waals surface area contributed by atoms with Crippen molar-refractivity contribution in [2.24, 2.45) is 5.41 Å². The minimum absolute atomic E-state index is 0.0692. The van der Waals surface area contributed by atoms with E-state index in [9.17, 15) is 0 Å². The molecule has 144 valence electrons. The third-order valence-electron chi connectivity index (χ3n) is 4.62. The van der Waals surface area contributed by atoms with Gasteiger partial charge in [0.2, 0.25) is 10.6 Å². The Hall–Kier alpha value is -1.78. The van der Waals surface area contributed by atoms with Crippen LogP contribution < -0.4 is 0 Å². The number of ether oxygens (including phenoxy) is 1. The van der Waals surface area contributed by atoms with Gasteiger partial charge in [0.05, 0.1) is 31.3 Å². The van der Waals surface area contributed by atoms with Gasteiger partial charge in [-0.1, -0.05) is 23.2 Å². The molecule has 1 fully saturated rings. The second-order valence-corrected chi connectivity index (χ2v) is 8.04. The summed E-state index contributed by atoms with van der Waals surface area (Å²) >= 11 is 24.2. The molecule has 4 aromatic rings. The van der Waals surface area contributed by atoms with E-state index in [0.717, 1.165) is 0 Å². The Kier molecular flexibility index (Phi) is 4.33. The number of hydrogen-bond donors (Lipinski definition) is 0. The van der Waals surface area contributed by atoms with E-state index in [2.05, 4.69) is 29.9 Å². The summed E-state index contributed by atoms with van der Waals surface area (Å²) in [5.74, 6) is 0. The van der Waals surface area contributed by atoms with Crippen molar-refractivity contribution in [3.8, 4) is 0 Å². The normalized spacial score (nSPS) is 16.0. The summed E-state index contributed by atoms with van der Waals surface area (Å²) < 4.78 is 9.31. The monoisotopic (exact) mass is 458 g/mol. The lowest BCUT2D eigenvalue weighted by molar-refractivity contribution is -0.129. The standard InChI is InChI=1S/C15H10Cl4N8O/c16-9-7-11(24-13(18)22-9)26(5-20-7)1-15(3-28-4-15)2-27-6-21-8-10(17)23-14(19)25-12(8)27/h5-6H,1-4H2. The zero-order valence-electron chi connectivity index (χ0n) is 14.0. The summed E-state index contributed by atoms with van der Waals surface area (Å²) in [5.41, 5.74) is 1.91. The van der Waals surface area contributed by atoms with Crippen molar-refractivity contribution in [3.63, 3.8) is 0 Å². The number of hydrogen-bond acceptors (Lipinski definition) is 7. The van der Waals surface area contributed by atoms with Crippen LogP contribution in [0.5, 0.6) is 0 Å². The Labute approximate surface area is 177 Å². The maximum atomic E-state index is 6.12. The molecule has 0 spiro atoms. The molecule has 0 bridgehead atoms. The molecular weight excluding hydrogens is 450 g/mol. The second-order valence-electron chi connectivity index (χ2n) is 6.65. The number of rotatable bonds is 4. The van der Waals surface area contributed by atoms with E-state index in [0.29, 0.717) is 48.6 Å². The number of halogens is 4. The fourth-order valence-electron chi connectivity index (χ4n) is 3.35. The van der Waals surface area contributed by atoms with Gasteiger partial charge in [0.25, 0.3) is 0 Å². The zero-order chi connectivity index (χ0) is 19.5. The molecule has 0 aliphatic carbocycles. The highest BCUT2D eigenvalue weighted by Gasteiger charge is 2.40. The minimum Gasteiger partial charge on any atom is -0.380 e. The average Bonchev–Trinajstić information content (AvgIpc) is 3.18. The highest BCUT2D eigenvalue weighted by atomic mass is 35.5. The van der Waals surface area contributed by atoms with Crippen LogP contribution in [0.1, 0.15) is 0 Å². The van der Waals surface area contributed by atoms with E-state index < -0.39 is 0 Å². The number of fused-ring (bicyclic) bond motifs is 2. The third-order valence-corrected chi connectivity index (χ3v) is 5.48. The lowest BCUT2D eigenvalue weighted by Crippen LogP contribution is -2.48. The molecule has 13 heteroatoms. The van der Waals surface area contributed by atoms with Crippen LogP contribution in [0.2, 0.25) is 20.9 Å². The van der Waals surface area contributed by atoms with Gasteiger partial charge in [-0.15, -0.1) is 0 Å². The summed E-state index contributed by atoms with van der Waals surface area (Å²) in [7, 11) is 0. The van der Waals surface area contributed by atoms with E-state index in [1.807, 2.05) is 9.13 Å². The Morgan fingerprint density at radius 1 is 0.786 bits per heavy atom. The maximum absolute atomic E-state index is 6.12. The van der Waals surface area contributed by atoms with Crippen molar-refractivity contribution in [1.82, 2.24) is 39.0 Å². The van der Waals surface area contributed by atoms with E-state index in [4.69, 9.17) is 51.1 Å². The van der Waals surface area contributed by atoms with Crippen molar-refractivity contribution in [2.45, 2.75) is 13.1 Å². The summed E-state index contributed by atoms with van der Waals surface area (Å²) in [5, 5.41) is 0.572. The van der Waals surface area contributed by atoms with Crippen molar-refractivity contribution in [2.75, 3.05) is 13.2 Å². The summed E-state index contributed by atoms with van der Waals surface area (Å²) in [4.78, 5) is 25.0. The molecule has 4 aromatic heterocycles. The molecule has 0 unspecified atom stereocenters. The quantitative estimate of drug-likeness (QED) is 0.341.